The van der Waals surface area contributed by atoms with E-state index in [9.17, 15) is 9.59 Å². The molecule has 6 heteroatoms. The van der Waals surface area contributed by atoms with Crippen molar-refractivity contribution in [1.82, 2.24) is 0 Å². The monoisotopic (exact) mass is 300 g/mol. The van der Waals surface area contributed by atoms with E-state index in [2.05, 4.69) is 4.74 Å². The van der Waals surface area contributed by atoms with Gasteiger partial charge in [0.1, 0.15) is 6.10 Å². The van der Waals surface area contributed by atoms with Gasteiger partial charge in [-0.1, -0.05) is 11.6 Å². The van der Waals surface area contributed by atoms with Crippen molar-refractivity contribution in [3.63, 3.8) is 0 Å². The molecule has 0 N–H and O–H groups in total. The van der Waals surface area contributed by atoms with Crippen molar-refractivity contribution in [2.75, 3.05) is 13.2 Å². The zero-order chi connectivity index (χ0) is 15.0. The van der Waals surface area contributed by atoms with E-state index in [1.807, 2.05) is 0 Å². The second-order valence-corrected chi connectivity index (χ2v) is 4.48. The zero-order valence-electron chi connectivity index (χ0n) is 11.4. The Hall–Kier alpha value is -1.75. The van der Waals surface area contributed by atoms with Gasteiger partial charge in [0.2, 0.25) is 0 Å². The Balaban J connectivity index is 2.28. The fraction of sp³-hybridized carbons (Fsp3) is 0.429. The number of benzene rings is 1. The van der Waals surface area contributed by atoms with Crippen LogP contribution in [-0.4, -0.2) is 31.4 Å². The average molecular weight is 301 g/mol. The van der Waals surface area contributed by atoms with E-state index in [4.69, 9.17) is 21.1 Å². The van der Waals surface area contributed by atoms with Crippen molar-refractivity contribution >= 4 is 23.7 Å². The van der Waals surface area contributed by atoms with E-state index in [1.165, 1.54) is 0 Å². The molecule has 0 saturated carbocycles. The van der Waals surface area contributed by atoms with Crippen molar-refractivity contribution in [3.05, 3.63) is 34.9 Å². The maximum absolute atomic E-state index is 11.7. The number of carbonyl (C=O) groups excluding carboxylic acids is 2. The highest BCUT2D eigenvalue weighted by Gasteiger charge is 2.12. The summed E-state index contributed by atoms with van der Waals surface area (Å²) in [4.78, 5) is 22.7. The molecular formula is C14H17ClO5. The highest BCUT2D eigenvalue weighted by molar-refractivity contribution is 6.30. The lowest BCUT2D eigenvalue weighted by molar-refractivity contribution is 0.0178. The van der Waals surface area contributed by atoms with Crippen LogP contribution >= 0.6 is 11.6 Å². The third kappa shape index (κ3) is 5.93. The maximum Gasteiger partial charge on any atom is 0.508 e. The molecule has 0 amide bonds. The van der Waals surface area contributed by atoms with Crippen LogP contribution in [0.5, 0.6) is 0 Å². The highest BCUT2D eigenvalue weighted by atomic mass is 35.5. The van der Waals surface area contributed by atoms with E-state index >= 15 is 0 Å². The van der Waals surface area contributed by atoms with Crippen LogP contribution in [0.2, 0.25) is 5.02 Å². The van der Waals surface area contributed by atoms with E-state index in [0.717, 1.165) is 0 Å². The molecule has 0 aliphatic heterocycles. The number of halogens is 1. The predicted molar refractivity (Wildman–Crippen MR) is 73.9 cm³/mol. The molecule has 0 radical (unpaired) electrons. The molecule has 1 atom stereocenters. The number of carbonyl (C=O) groups is 2. The van der Waals surface area contributed by atoms with Crippen molar-refractivity contribution < 1.29 is 23.8 Å². The Labute approximate surface area is 122 Å². The fourth-order valence-corrected chi connectivity index (χ4v) is 1.49. The summed E-state index contributed by atoms with van der Waals surface area (Å²) in [5.41, 5.74) is 0.424. The van der Waals surface area contributed by atoms with E-state index in [-0.39, 0.29) is 19.3 Å². The van der Waals surface area contributed by atoms with Gasteiger partial charge < -0.3 is 14.2 Å². The zero-order valence-corrected chi connectivity index (χ0v) is 12.2. The van der Waals surface area contributed by atoms with E-state index in [1.54, 1.807) is 38.1 Å². The minimum Gasteiger partial charge on any atom is -0.462 e. The fourth-order valence-electron chi connectivity index (χ4n) is 1.36. The summed E-state index contributed by atoms with van der Waals surface area (Å²) < 4.78 is 14.6. The second-order valence-electron chi connectivity index (χ2n) is 4.04. The molecule has 1 rings (SSSR count). The van der Waals surface area contributed by atoms with E-state index < -0.39 is 12.1 Å². The predicted octanol–water partition coefficient (Wildman–Crippen LogP) is 3.45. The smallest absolute Gasteiger partial charge is 0.462 e. The number of ether oxygens (including phenoxy) is 3. The van der Waals surface area contributed by atoms with Gasteiger partial charge in [-0.25, -0.2) is 9.59 Å². The van der Waals surface area contributed by atoms with Crippen molar-refractivity contribution in [1.29, 1.82) is 0 Å². The average Bonchev–Trinajstić information content (AvgIpc) is 2.39. The van der Waals surface area contributed by atoms with Crippen LogP contribution in [0.25, 0.3) is 0 Å². The van der Waals surface area contributed by atoms with E-state index in [0.29, 0.717) is 17.0 Å². The van der Waals surface area contributed by atoms with Crippen molar-refractivity contribution in [3.8, 4) is 0 Å². The SMILES string of the molecule is CCOC(=O)OC(C)CCOC(=O)c1ccc(Cl)cc1. The van der Waals surface area contributed by atoms with Crippen LogP contribution in [-0.2, 0) is 14.2 Å². The standard InChI is InChI=1S/C14H17ClO5/c1-3-18-14(17)20-10(2)8-9-19-13(16)11-4-6-12(15)7-5-11/h4-7,10H,3,8-9H2,1-2H3. The summed E-state index contributed by atoms with van der Waals surface area (Å²) in [5.74, 6) is -0.440. The third-order valence-corrected chi connectivity index (χ3v) is 2.65. The summed E-state index contributed by atoms with van der Waals surface area (Å²) in [7, 11) is 0. The molecule has 0 bridgehead atoms. The molecule has 0 fully saturated rings. The summed E-state index contributed by atoms with van der Waals surface area (Å²) >= 11 is 5.72. The minimum atomic E-state index is -0.718. The number of esters is 1. The van der Waals surface area contributed by atoms with Gasteiger partial charge in [0.25, 0.3) is 0 Å². The molecule has 0 aromatic heterocycles. The lowest BCUT2D eigenvalue weighted by Crippen LogP contribution is -2.18. The molecular weight excluding hydrogens is 284 g/mol. The normalized spacial score (nSPS) is 11.6. The van der Waals surface area contributed by atoms with Crippen LogP contribution in [0.15, 0.2) is 24.3 Å². The molecule has 0 heterocycles. The molecule has 5 nitrogen and oxygen atoms in total. The van der Waals surface area contributed by atoms with Gasteiger partial charge in [0.15, 0.2) is 0 Å². The molecule has 1 unspecified atom stereocenters. The van der Waals surface area contributed by atoms with Gasteiger partial charge in [-0.15, -0.1) is 0 Å². The molecule has 20 heavy (non-hydrogen) atoms. The molecule has 1 aromatic rings. The topological polar surface area (TPSA) is 61.8 Å². The minimum absolute atomic E-state index is 0.155. The van der Waals surface area contributed by atoms with Crippen molar-refractivity contribution in [2.45, 2.75) is 26.4 Å². The molecule has 0 aliphatic rings. The van der Waals surface area contributed by atoms with Crippen molar-refractivity contribution in [2.24, 2.45) is 0 Å². The summed E-state index contributed by atoms with van der Waals surface area (Å²) in [6, 6.07) is 6.40. The first kappa shape index (κ1) is 16.3. The Morgan fingerprint density at radius 1 is 1.20 bits per heavy atom. The molecule has 0 aliphatic carbocycles. The first-order valence-electron chi connectivity index (χ1n) is 6.29. The molecule has 110 valence electrons. The Kier molecular flexibility index (Phi) is 6.87. The number of hydrogen-bond acceptors (Lipinski definition) is 5. The van der Waals surface area contributed by atoms with Gasteiger partial charge in [-0.2, -0.15) is 0 Å². The Bertz CT molecular complexity index is 443. The van der Waals surface area contributed by atoms with Gasteiger partial charge >= 0.3 is 12.1 Å². The summed E-state index contributed by atoms with van der Waals surface area (Å²) in [6.45, 7) is 3.81. The largest absolute Gasteiger partial charge is 0.508 e. The third-order valence-electron chi connectivity index (χ3n) is 2.40. The van der Waals surface area contributed by atoms with Gasteiger partial charge in [-0.3, -0.25) is 0 Å². The van der Waals surface area contributed by atoms with Gasteiger partial charge in [0.05, 0.1) is 18.8 Å². The summed E-state index contributed by atoms with van der Waals surface area (Å²) in [5, 5.41) is 0.554. The molecule has 1 aromatic carbocycles. The Morgan fingerprint density at radius 2 is 1.85 bits per heavy atom. The number of rotatable bonds is 6. The first-order chi connectivity index (χ1) is 9.52. The number of hydrogen-bond donors (Lipinski definition) is 0. The quantitative estimate of drug-likeness (QED) is 0.753. The lowest BCUT2D eigenvalue weighted by Gasteiger charge is -2.12. The van der Waals surface area contributed by atoms with Gasteiger partial charge in [-0.05, 0) is 38.1 Å². The first-order valence-corrected chi connectivity index (χ1v) is 6.66. The second kappa shape index (κ2) is 8.43. The van der Waals surface area contributed by atoms with Crippen LogP contribution < -0.4 is 0 Å². The van der Waals surface area contributed by atoms with Crippen LogP contribution in [0.1, 0.15) is 30.6 Å². The van der Waals surface area contributed by atoms with Gasteiger partial charge in [0, 0.05) is 11.4 Å². The van der Waals surface area contributed by atoms with Crippen LogP contribution in [0.4, 0.5) is 4.79 Å². The highest BCUT2D eigenvalue weighted by Crippen LogP contribution is 2.10. The Morgan fingerprint density at radius 3 is 2.45 bits per heavy atom. The van der Waals surface area contributed by atoms with Crippen LogP contribution in [0.3, 0.4) is 0 Å². The lowest BCUT2D eigenvalue weighted by atomic mass is 10.2. The maximum atomic E-state index is 11.7. The van der Waals surface area contributed by atoms with Crippen LogP contribution in [0, 0.1) is 0 Å². The molecule has 0 saturated heterocycles. The molecule has 0 spiro atoms. The summed E-state index contributed by atoms with van der Waals surface area (Å²) in [6.07, 6.45) is -0.700.